The molecule has 2 rings (SSSR count). The molecule has 1 heterocycles. The molecule has 0 aliphatic carbocycles. The van der Waals surface area contributed by atoms with Gasteiger partial charge in [-0.25, -0.2) is 4.98 Å². The molecule has 0 spiro atoms. The Balaban J connectivity index is 2.25. The lowest BCUT2D eigenvalue weighted by Crippen LogP contribution is -2.31. The van der Waals surface area contributed by atoms with Gasteiger partial charge in [0.2, 0.25) is 5.82 Å². The van der Waals surface area contributed by atoms with E-state index >= 15 is 0 Å². The normalized spacial score (nSPS) is 13.5. The molecule has 1 aromatic heterocycles. The zero-order chi connectivity index (χ0) is 16.3. The van der Waals surface area contributed by atoms with Crippen molar-refractivity contribution in [3.63, 3.8) is 0 Å². The van der Waals surface area contributed by atoms with Gasteiger partial charge in [0.15, 0.2) is 0 Å². The van der Waals surface area contributed by atoms with Crippen molar-refractivity contribution in [2.45, 2.75) is 19.4 Å². The van der Waals surface area contributed by atoms with Crippen molar-refractivity contribution in [2.24, 2.45) is 0 Å². The topological polar surface area (TPSA) is 88.3 Å². The van der Waals surface area contributed by atoms with Crippen LogP contribution in [0.4, 0.5) is 11.5 Å². The van der Waals surface area contributed by atoms with Crippen molar-refractivity contribution < 1.29 is 10.0 Å². The molecule has 0 saturated heterocycles. The predicted molar refractivity (Wildman–Crippen MR) is 85.1 cm³/mol. The Labute approximate surface area is 132 Å². The van der Waals surface area contributed by atoms with Crippen molar-refractivity contribution in [1.82, 2.24) is 4.98 Å². The summed E-state index contributed by atoms with van der Waals surface area (Å²) in [7, 11) is 0. The fourth-order valence-corrected chi connectivity index (χ4v) is 2.50. The number of aromatic nitrogens is 1. The highest BCUT2D eigenvalue weighted by Crippen LogP contribution is 2.30. The Morgan fingerprint density at radius 2 is 2.09 bits per heavy atom. The minimum absolute atomic E-state index is 0.0357. The van der Waals surface area contributed by atoms with Crippen molar-refractivity contribution in [2.75, 3.05) is 11.9 Å². The summed E-state index contributed by atoms with van der Waals surface area (Å²) in [6, 6.07) is 8.49. The van der Waals surface area contributed by atoms with Gasteiger partial charge in [-0.1, -0.05) is 29.8 Å². The lowest BCUT2D eigenvalue weighted by molar-refractivity contribution is -0.384. The number of aryl methyl sites for hydroxylation is 1. The third-order valence-electron chi connectivity index (χ3n) is 3.36. The van der Waals surface area contributed by atoms with Crippen LogP contribution in [0.3, 0.4) is 0 Å². The van der Waals surface area contributed by atoms with Crippen LogP contribution >= 0.6 is 11.6 Å². The van der Waals surface area contributed by atoms with E-state index in [1.807, 2.05) is 0 Å². The van der Waals surface area contributed by atoms with Crippen LogP contribution in [0.5, 0.6) is 0 Å². The van der Waals surface area contributed by atoms with Crippen LogP contribution in [-0.4, -0.2) is 21.6 Å². The second-order valence-corrected chi connectivity index (χ2v) is 5.60. The van der Waals surface area contributed by atoms with E-state index in [4.69, 9.17) is 11.6 Å². The van der Waals surface area contributed by atoms with Gasteiger partial charge in [0.1, 0.15) is 5.60 Å². The lowest BCUT2D eigenvalue weighted by atomic mass is 9.96. The first kappa shape index (κ1) is 16.2. The fourth-order valence-electron chi connectivity index (χ4n) is 2.16. The molecule has 1 atom stereocenters. The van der Waals surface area contributed by atoms with Crippen LogP contribution in [0.1, 0.15) is 18.1 Å². The molecule has 0 aliphatic heterocycles. The number of nitro groups is 1. The highest BCUT2D eigenvalue weighted by atomic mass is 35.5. The number of benzene rings is 1. The molecule has 1 unspecified atom stereocenters. The Bertz CT molecular complexity index is 704. The summed E-state index contributed by atoms with van der Waals surface area (Å²) >= 11 is 6.09. The number of nitrogens with zero attached hydrogens (tertiary/aromatic N) is 2. The molecule has 1 aromatic carbocycles. The van der Waals surface area contributed by atoms with E-state index in [1.54, 1.807) is 44.2 Å². The van der Waals surface area contributed by atoms with Gasteiger partial charge in [-0.05, 0) is 26.0 Å². The first-order valence-electron chi connectivity index (χ1n) is 6.64. The number of rotatable bonds is 5. The van der Waals surface area contributed by atoms with Crippen molar-refractivity contribution in [3.8, 4) is 0 Å². The van der Waals surface area contributed by atoms with Crippen molar-refractivity contribution in [3.05, 3.63) is 62.8 Å². The first-order valence-corrected chi connectivity index (χ1v) is 7.02. The summed E-state index contributed by atoms with van der Waals surface area (Å²) in [5, 5.41) is 25.0. The summed E-state index contributed by atoms with van der Waals surface area (Å²) in [4.78, 5) is 14.6. The average Bonchev–Trinajstić information content (AvgIpc) is 2.45. The van der Waals surface area contributed by atoms with Gasteiger partial charge < -0.3 is 10.4 Å². The number of nitrogens with one attached hydrogen (secondary N) is 1. The third-order valence-corrected chi connectivity index (χ3v) is 3.69. The SMILES string of the molecule is Cc1ccnc(NCC(C)(O)c2ccccc2Cl)c1[N+](=O)[O-]. The Morgan fingerprint density at radius 1 is 1.41 bits per heavy atom. The fraction of sp³-hybridized carbons (Fsp3) is 0.267. The van der Waals surface area contributed by atoms with Gasteiger partial charge in [-0.3, -0.25) is 10.1 Å². The van der Waals surface area contributed by atoms with Crippen LogP contribution in [0.25, 0.3) is 0 Å². The first-order chi connectivity index (χ1) is 10.3. The molecule has 2 aromatic rings. The molecular weight excluding hydrogens is 306 g/mol. The predicted octanol–water partition coefficient (Wildman–Crippen LogP) is 3.27. The number of pyridine rings is 1. The van der Waals surface area contributed by atoms with Crippen LogP contribution < -0.4 is 5.32 Å². The maximum Gasteiger partial charge on any atom is 0.314 e. The Morgan fingerprint density at radius 3 is 2.73 bits per heavy atom. The minimum Gasteiger partial charge on any atom is -0.384 e. The van der Waals surface area contributed by atoms with Gasteiger partial charge in [-0.15, -0.1) is 0 Å². The number of halogens is 1. The van der Waals surface area contributed by atoms with Crippen LogP contribution in [0, 0.1) is 17.0 Å². The number of anilines is 1. The Kier molecular flexibility index (Phi) is 4.63. The maximum atomic E-state index is 11.1. The molecule has 22 heavy (non-hydrogen) atoms. The summed E-state index contributed by atoms with van der Waals surface area (Å²) in [6.07, 6.45) is 1.48. The lowest BCUT2D eigenvalue weighted by Gasteiger charge is -2.25. The third kappa shape index (κ3) is 3.35. The summed E-state index contributed by atoms with van der Waals surface area (Å²) in [5.41, 5.74) is -0.353. The number of aliphatic hydroxyl groups is 1. The van der Waals surface area contributed by atoms with E-state index in [0.29, 0.717) is 16.1 Å². The summed E-state index contributed by atoms with van der Waals surface area (Å²) < 4.78 is 0. The molecule has 0 aliphatic rings. The monoisotopic (exact) mass is 321 g/mol. The average molecular weight is 322 g/mol. The molecule has 0 bridgehead atoms. The van der Waals surface area contributed by atoms with E-state index in [-0.39, 0.29) is 18.1 Å². The minimum atomic E-state index is -1.29. The highest BCUT2D eigenvalue weighted by molar-refractivity contribution is 6.31. The second kappa shape index (κ2) is 6.29. The van der Waals surface area contributed by atoms with E-state index in [2.05, 4.69) is 10.3 Å². The molecular formula is C15H16ClN3O3. The van der Waals surface area contributed by atoms with Crippen LogP contribution in [0.2, 0.25) is 5.02 Å². The molecule has 7 heteroatoms. The van der Waals surface area contributed by atoms with E-state index in [0.717, 1.165) is 0 Å². The van der Waals surface area contributed by atoms with Gasteiger partial charge in [0.05, 0.1) is 4.92 Å². The number of hydrogen-bond acceptors (Lipinski definition) is 5. The van der Waals surface area contributed by atoms with Crippen molar-refractivity contribution in [1.29, 1.82) is 0 Å². The summed E-state index contributed by atoms with van der Waals surface area (Å²) in [6.45, 7) is 3.26. The standard InChI is InChI=1S/C15H16ClN3O3/c1-10-7-8-17-14(13(10)19(21)22)18-9-15(2,20)11-5-3-4-6-12(11)16/h3-8,20H,9H2,1-2H3,(H,17,18). The maximum absolute atomic E-state index is 11.1. The molecule has 0 radical (unpaired) electrons. The molecule has 0 amide bonds. The number of hydrogen-bond donors (Lipinski definition) is 2. The van der Waals surface area contributed by atoms with Gasteiger partial charge in [0.25, 0.3) is 0 Å². The Hall–Kier alpha value is -2.18. The molecule has 0 fully saturated rings. The van der Waals surface area contributed by atoms with Gasteiger partial charge in [-0.2, -0.15) is 0 Å². The van der Waals surface area contributed by atoms with E-state index in [9.17, 15) is 15.2 Å². The molecule has 2 N–H and O–H groups in total. The second-order valence-electron chi connectivity index (χ2n) is 5.19. The molecule has 116 valence electrons. The zero-order valence-electron chi connectivity index (χ0n) is 12.2. The summed E-state index contributed by atoms with van der Waals surface area (Å²) in [5.74, 6) is 0.123. The zero-order valence-corrected chi connectivity index (χ0v) is 13.0. The quantitative estimate of drug-likeness (QED) is 0.651. The van der Waals surface area contributed by atoms with E-state index in [1.165, 1.54) is 6.20 Å². The van der Waals surface area contributed by atoms with E-state index < -0.39 is 10.5 Å². The molecule has 6 nitrogen and oxygen atoms in total. The highest BCUT2D eigenvalue weighted by Gasteiger charge is 2.27. The van der Waals surface area contributed by atoms with Gasteiger partial charge in [0, 0.05) is 28.9 Å². The van der Waals surface area contributed by atoms with Crippen LogP contribution in [0.15, 0.2) is 36.5 Å². The molecule has 0 saturated carbocycles. The van der Waals surface area contributed by atoms with Crippen LogP contribution in [-0.2, 0) is 5.60 Å². The smallest absolute Gasteiger partial charge is 0.314 e. The largest absolute Gasteiger partial charge is 0.384 e. The van der Waals surface area contributed by atoms with Gasteiger partial charge >= 0.3 is 5.69 Å². The van der Waals surface area contributed by atoms with Crippen molar-refractivity contribution >= 4 is 23.1 Å².